The highest BCUT2D eigenvalue weighted by Crippen LogP contribution is 2.29. The molecule has 16 heavy (non-hydrogen) atoms. The Hall–Kier alpha value is -1.68. The first-order valence-electron chi connectivity index (χ1n) is 5.07. The predicted molar refractivity (Wildman–Crippen MR) is 59.3 cm³/mol. The molecule has 1 aromatic rings. The number of amides is 1. The number of hydrogen-bond donors (Lipinski definition) is 0. The Morgan fingerprint density at radius 3 is 2.75 bits per heavy atom. The zero-order valence-corrected chi connectivity index (χ0v) is 9.21. The van der Waals surface area contributed by atoms with Crippen LogP contribution in [-0.4, -0.2) is 31.4 Å². The number of ether oxygens (including phenoxy) is 1. The molecule has 0 bridgehead atoms. The molecule has 0 unspecified atom stereocenters. The Kier molecular flexibility index (Phi) is 2.75. The van der Waals surface area contributed by atoms with Crippen LogP contribution >= 0.6 is 0 Å². The molecule has 1 heterocycles. The van der Waals surface area contributed by atoms with Gasteiger partial charge < -0.3 is 9.53 Å². The molecule has 1 fully saturated rings. The second-order valence-electron chi connectivity index (χ2n) is 3.83. The number of hydrogen-bond acceptors (Lipinski definition) is 3. The highest BCUT2D eigenvalue weighted by atomic mass is 16.5. The molecule has 1 saturated heterocycles. The van der Waals surface area contributed by atoms with Crippen LogP contribution in [0.3, 0.4) is 0 Å². The Morgan fingerprint density at radius 1 is 1.44 bits per heavy atom. The predicted octanol–water partition coefficient (Wildman–Crippen LogP) is 0.924. The van der Waals surface area contributed by atoms with Gasteiger partial charge in [0.05, 0.1) is 0 Å². The maximum absolute atomic E-state index is 11.7. The summed E-state index contributed by atoms with van der Waals surface area (Å²) >= 11 is 0. The van der Waals surface area contributed by atoms with Crippen LogP contribution in [0.25, 0.3) is 0 Å². The topological polar surface area (TPSA) is 46.6 Å². The quantitative estimate of drug-likeness (QED) is 0.561. The van der Waals surface area contributed by atoms with Crippen molar-refractivity contribution in [2.75, 3.05) is 12.0 Å². The van der Waals surface area contributed by atoms with Crippen LogP contribution in [0.4, 0.5) is 5.69 Å². The third kappa shape index (κ3) is 1.51. The van der Waals surface area contributed by atoms with Crippen LogP contribution in [-0.2, 0) is 14.3 Å². The molecule has 2 atom stereocenters. The van der Waals surface area contributed by atoms with Crippen LogP contribution in [0.2, 0.25) is 0 Å². The summed E-state index contributed by atoms with van der Waals surface area (Å²) in [6, 6.07) is 6.99. The highest BCUT2D eigenvalue weighted by molar-refractivity contribution is 6.10. The summed E-state index contributed by atoms with van der Waals surface area (Å²) in [7, 11) is 1.44. The van der Waals surface area contributed by atoms with E-state index in [9.17, 15) is 9.59 Å². The summed E-state index contributed by atoms with van der Waals surface area (Å²) in [6.07, 6.45) is 0.121. The van der Waals surface area contributed by atoms with Crippen molar-refractivity contribution in [3.63, 3.8) is 0 Å². The van der Waals surface area contributed by atoms with Crippen LogP contribution in [0, 0.1) is 6.92 Å². The minimum absolute atomic E-state index is 0.162. The third-order valence-electron chi connectivity index (χ3n) is 2.76. The van der Waals surface area contributed by atoms with Crippen molar-refractivity contribution < 1.29 is 14.3 Å². The van der Waals surface area contributed by atoms with Crippen molar-refractivity contribution in [1.29, 1.82) is 0 Å². The molecule has 0 aliphatic carbocycles. The number of aryl methyl sites for hydroxylation is 1. The molecular formula is C12H13NO3. The standard InChI is InChI=1S/C12H13NO3/c1-8-4-3-5-9(6-8)13-10(7-14)11(16-2)12(13)15/h3-7,10-11H,1-2H3/t10-,11+/m0/s1. The number of rotatable bonds is 3. The molecular weight excluding hydrogens is 206 g/mol. The minimum Gasteiger partial charge on any atom is -0.369 e. The molecule has 0 spiro atoms. The molecule has 1 amide bonds. The molecule has 4 nitrogen and oxygen atoms in total. The lowest BCUT2D eigenvalue weighted by Gasteiger charge is -2.43. The zero-order valence-electron chi connectivity index (χ0n) is 9.21. The number of methoxy groups -OCH3 is 1. The van der Waals surface area contributed by atoms with E-state index in [1.807, 2.05) is 31.2 Å². The van der Waals surface area contributed by atoms with Gasteiger partial charge in [0.15, 0.2) is 6.10 Å². The average Bonchev–Trinajstić information content (AvgIpc) is 2.26. The lowest BCUT2D eigenvalue weighted by Crippen LogP contribution is -2.66. The van der Waals surface area contributed by atoms with Gasteiger partial charge in [-0.1, -0.05) is 12.1 Å². The van der Waals surface area contributed by atoms with E-state index >= 15 is 0 Å². The van der Waals surface area contributed by atoms with E-state index in [0.717, 1.165) is 17.5 Å². The van der Waals surface area contributed by atoms with Gasteiger partial charge in [-0.25, -0.2) is 0 Å². The van der Waals surface area contributed by atoms with Crippen LogP contribution in [0.15, 0.2) is 24.3 Å². The van der Waals surface area contributed by atoms with Gasteiger partial charge in [0.2, 0.25) is 0 Å². The first-order valence-corrected chi connectivity index (χ1v) is 5.07. The van der Waals surface area contributed by atoms with E-state index in [2.05, 4.69) is 0 Å². The van der Waals surface area contributed by atoms with Crippen molar-refractivity contribution in [2.45, 2.75) is 19.1 Å². The molecule has 1 aliphatic rings. The summed E-state index contributed by atoms with van der Waals surface area (Å²) in [6.45, 7) is 1.94. The highest BCUT2D eigenvalue weighted by Gasteiger charge is 2.48. The Balaban J connectivity index is 2.29. The molecule has 0 aromatic heterocycles. The summed E-state index contributed by atoms with van der Waals surface area (Å²) in [5, 5.41) is 0. The van der Waals surface area contributed by atoms with E-state index in [0.29, 0.717) is 0 Å². The Morgan fingerprint density at radius 2 is 2.19 bits per heavy atom. The molecule has 2 rings (SSSR count). The van der Waals surface area contributed by atoms with Crippen molar-refractivity contribution in [1.82, 2.24) is 0 Å². The van der Waals surface area contributed by atoms with Gasteiger partial charge in [-0.3, -0.25) is 9.69 Å². The van der Waals surface area contributed by atoms with Crippen LogP contribution < -0.4 is 4.90 Å². The van der Waals surface area contributed by atoms with Gasteiger partial charge in [-0.15, -0.1) is 0 Å². The van der Waals surface area contributed by atoms with Gasteiger partial charge in [-0.2, -0.15) is 0 Å². The third-order valence-corrected chi connectivity index (χ3v) is 2.76. The van der Waals surface area contributed by atoms with Crippen molar-refractivity contribution in [3.05, 3.63) is 29.8 Å². The summed E-state index contributed by atoms with van der Waals surface area (Å²) in [4.78, 5) is 24.1. The van der Waals surface area contributed by atoms with Gasteiger partial charge in [-0.05, 0) is 24.6 Å². The number of carbonyl (C=O) groups excluding carboxylic acids is 2. The second-order valence-corrected chi connectivity index (χ2v) is 3.83. The number of β-lactam (4-membered cyclic amide) rings is 1. The lowest BCUT2D eigenvalue weighted by atomic mass is 9.97. The maximum Gasteiger partial charge on any atom is 0.259 e. The lowest BCUT2D eigenvalue weighted by molar-refractivity contribution is -0.142. The van der Waals surface area contributed by atoms with Crippen LogP contribution in [0.5, 0.6) is 0 Å². The molecule has 0 saturated carbocycles. The number of benzene rings is 1. The first-order chi connectivity index (χ1) is 7.69. The summed E-state index contributed by atoms with van der Waals surface area (Å²) in [5.41, 5.74) is 1.80. The van der Waals surface area contributed by atoms with Crippen molar-refractivity contribution >= 4 is 17.9 Å². The van der Waals surface area contributed by atoms with E-state index in [1.54, 1.807) is 0 Å². The zero-order chi connectivity index (χ0) is 11.7. The van der Waals surface area contributed by atoms with Crippen LogP contribution in [0.1, 0.15) is 5.56 Å². The number of nitrogens with zero attached hydrogens (tertiary/aromatic N) is 1. The molecule has 1 aromatic carbocycles. The van der Waals surface area contributed by atoms with E-state index in [-0.39, 0.29) is 5.91 Å². The van der Waals surface area contributed by atoms with Gasteiger partial charge in [0.25, 0.3) is 5.91 Å². The molecule has 0 radical (unpaired) electrons. The average molecular weight is 219 g/mol. The van der Waals surface area contributed by atoms with Crippen molar-refractivity contribution in [2.24, 2.45) is 0 Å². The van der Waals surface area contributed by atoms with E-state index in [1.165, 1.54) is 12.0 Å². The Bertz CT molecular complexity index is 430. The van der Waals surface area contributed by atoms with Crippen molar-refractivity contribution in [3.8, 4) is 0 Å². The number of carbonyl (C=O) groups is 2. The minimum atomic E-state index is -0.627. The maximum atomic E-state index is 11.7. The van der Waals surface area contributed by atoms with Gasteiger partial charge >= 0.3 is 0 Å². The molecule has 84 valence electrons. The van der Waals surface area contributed by atoms with Gasteiger partial charge in [0, 0.05) is 12.8 Å². The van der Waals surface area contributed by atoms with E-state index < -0.39 is 12.1 Å². The fourth-order valence-electron chi connectivity index (χ4n) is 1.93. The number of anilines is 1. The monoisotopic (exact) mass is 219 g/mol. The Labute approximate surface area is 93.8 Å². The number of aldehydes is 1. The van der Waals surface area contributed by atoms with Gasteiger partial charge in [0.1, 0.15) is 12.3 Å². The van der Waals surface area contributed by atoms with E-state index in [4.69, 9.17) is 4.74 Å². The fourth-order valence-corrected chi connectivity index (χ4v) is 1.93. The largest absolute Gasteiger partial charge is 0.369 e. The first kappa shape index (κ1) is 10.8. The molecule has 0 N–H and O–H groups in total. The molecule has 1 aliphatic heterocycles. The normalized spacial score (nSPS) is 24.1. The molecule has 4 heteroatoms. The SMILES string of the molecule is CO[C@H]1C(=O)N(c2cccc(C)c2)[C@H]1C=O. The smallest absolute Gasteiger partial charge is 0.259 e. The summed E-state index contributed by atoms with van der Waals surface area (Å²) in [5.74, 6) is -0.162. The summed E-state index contributed by atoms with van der Waals surface area (Å²) < 4.78 is 4.96. The second kappa shape index (κ2) is 4.06. The fraction of sp³-hybridized carbons (Fsp3) is 0.333.